The molecule has 7 heteroatoms. The molecule has 0 spiro atoms. The van der Waals surface area contributed by atoms with Crippen LogP contribution in [0.2, 0.25) is 0 Å². The Balaban J connectivity index is 3.04. The Bertz CT molecular complexity index is 527. The van der Waals surface area contributed by atoms with Crippen LogP contribution in [0.4, 0.5) is 5.69 Å². The molecule has 0 fully saturated rings. The Labute approximate surface area is 113 Å². The zero-order chi connectivity index (χ0) is 14.6. The molecule has 0 heterocycles. The van der Waals surface area contributed by atoms with Gasteiger partial charge in [-0.1, -0.05) is 6.07 Å². The molecule has 0 amide bonds. The minimum Gasteiger partial charge on any atom is -0.377 e. The summed E-state index contributed by atoms with van der Waals surface area (Å²) in [5.41, 5.74) is 1.25. The van der Waals surface area contributed by atoms with Gasteiger partial charge in [-0.3, -0.25) is 0 Å². The van der Waals surface area contributed by atoms with Gasteiger partial charge >= 0.3 is 0 Å². The average molecular weight is 288 g/mol. The van der Waals surface area contributed by atoms with Crippen molar-refractivity contribution in [1.29, 1.82) is 0 Å². The van der Waals surface area contributed by atoms with Gasteiger partial charge in [0.25, 0.3) is 0 Å². The molecular formula is C12H20N2O4S. The predicted octanol–water partition coefficient (Wildman–Crippen LogP) is 1.06. The molecule has 0 bridgehead atoms. The summed E-state index contributed by atoms with van der Waals surface area (Å²) in [6.07, 6.45) is -0.433. The average Bonchev–Trinajstić information content (AvgIpc) is 2.32. The van der Waals surface area contributed by atoms with Crippen LogP contribution < -0.4 is 10.5 Å². The lowest BCUT2D eigenvalue weighted by Crippen LogP contribution is -2.34. The highest BCUT2D eigenvalue weighted by Gasteiger charge is 2.18. The molecule has 1 aromatic rings. The van der Waals surface area contributed by atoms with Crippen LogP contribution in [0.15, 0.2) is 23.1 Å². The maximum absolute atomic E-state index is 11.4. The van der Waals surface area contributed by atoms with E-state index in [2.05, 4.69) is 5.32 Å². The lowest BCUT2D eigenvalue weighted by atomic mass is 10.2. The number of nitrogens with two attached hydrogens (primary N) is 1. The van der Waals surface area contributed by atoms with E-state index in [0.29, 0.717) is 11.3 Å². The molecule has 1 rings (SSSR count). The van der Waals surface area contributed by atoms with E-state index in [-0.39, 0.29) is 10.9 Å². The molecule has 0 aliphatic rings. The predicted molar refractivity (Wildman–Crippen MR) is 73.4 cm³/mol. The number of hydrogen-bond acceptors (Lipinski definition) is 5. The Morgan fingerprint density at radius 3 is 2.32 bits per heavy atom. The van der Waals surface area contributed by atoms with Gasteiger partial charge in [0.1, 0.15) is 0 Å². The van der Waals surface area contributed by atoms with Crippen molar-refractivity contribution in [2.45, 2.75) is 31.1 Å². The summed E-state index contributed by atoms with van der Waals surface area (Å²) in [5.74, 6) is 0. The van der Waals surface area contributed by atoms with Crippen LogP contribution in [0.3, 0.4) is 0 Å². The Morgan fingerprint density at radius 1 is 1.26 bits per heavy atom. The van der Waals surface area contributed by atoms with Gasteiger partial charge in [0.15, 0.2) is 6.29 Å². The Morgan fingerprint density at radius 2 is 1.84 bits per heavy atom. The van der Waals surface area contributed by atoms with E-state index in [1.54, 1.807) is 33.3 Å². The fourth-order valence-electron chi connectivity index (χ4n) is 1.90. The molecular weight excluding hydrogens is 268 g/mol. The second-order valence-electron chi connectivity index (χ2n) is 4.25. The summed E-state index contributed by atoms with van der Waals surface area (Å²) in [4.78, 5) is 0.107. The van der Waals surface area contributed by atoms with Crippen LogP contribution in [0.1, 0.15) is 12.5 Å². The molecule has 0 saturated heterocycles. The fourth-order valence-corrected chi connectivity index (χ4v) is 2.70. The minimum atomic E-state index is -3.73. The van der Waals surface area contributed by atoms with Crippen molar-refractivity contribution in [1.82, 2.24) is 0 Å². The van der Waals surface area contributed by atoms with Crippen LogP contribution in [-0.2, 0) is 19.5 Å². The van der Waals surface area contributed by atoms with Crippen molar-refractivity contribution < 1.29 is 17.9 Å². The number of anilines is 1. The van der Waals surface area contributed by atoms with Gasteiger partial charge in [0.05, 0.1) is 10.9 Å². The first-order valence-corrected chi connectivity index (χ1v) is 7.30. The highest BCUT2D eigenvalue weighted by Crippen LogP contribution is 2.23. The smallest absolute Gasteiger partial charge is 0.238 e. The summed E-state index contributed by atoms with van der Waals surface area (Å²) in [6.45, 7) is 3.57. The molecule has 108 valence electrons. The number of benzene rings is 1. The third-order valence-electron chi connectivity index (χ3n) is 2.85. The monoisotopic (exact) mass is 288 g/mol. The lowest BCUT2D eigenvalue weighted by Gasteiger charge is -2.24. The van der Waals surface area contributed by atoms with Crippen LogP contribution in [0.25, 0.3) is 0 Å². The maximum atomic E-state index is 11.4. The summed E-state index contributed by atoms with van der Waals surface area (Å²) in [6, 6.07) is 4.74. The highest BCUT2D eigenvalue weighted by atomic mass is 32.2. The van der Waals surface area contributed by atoms with Gasteiger partial charge in [-0.25, -0.2) is 13.6 Å². The molecule has 1 unspecified atom stereocenters. The third-order valence-corrected chi connectivity index (χ3v) is 3.90. The SMILES string of the molecule is COC(OC)C(C)Nc1cccc(S(N)(=O)=O)c1C. The van der Waals surface area contributed by atoms with Crippen molar-refractivity contribution in [3.63, 3.8) is 0 Å². The number of sulfonamides is 1. The topological polar surface area (TPSA) is 90.7 Å². The van der Waals surface area contributed by atoms with E-state index in [1.165, 1.54) is 6.07 Å². The summed E-state index contributed by atoms with van der Waals surface area (Å²) in [5, 5.41) is 8.32. The van der Waals surface area contributed by atoms with Gasteiger partial charge in [0, 0.05) is 19.9 Å². The first kappa shape index (κ1) is 15.9. The van der Waals surface area contributed by atoms with Crippen molar-refractivity contribution in [2.75, 3.05) is 19.5 Å². The van der Waals surface area contributed by atoms with E-state index in [4.69, 9.17) is 14.6 Å². The zero-order valence-corrected chi connectivity index (χ0v) is 12.3. The van der Waals surface area contributed by atoms with Gasteiger partial charge in [0.2, 0.25) is 10.0 Å². The third kappa shape index (κ3) is 3.90. The van der Waals surface area contributed by atoms with Crippen LogP contribution in [-0.4, -0.2) is 35.0 Å². The van der Waals surface area contributed by atoms with E-state index in [9.17, 15) is 8.42 Å². The van der Waals surface area contributed by atoms with E-state index in [0.717, 1.165) is 0 Å². The van der Waals surface area contributed by atoms with Crippen LogP contribution in [0, 0.1) is 6.92 Å². The molecule has 1 aromatic carbocycles. The Kier molecular flexibility index (Phi) is 5.30. The largest absolute Gasteiger partial charge is 0.377 e. The molecule has 0 aliphatic heterocycles. The quantitative estimate of drug-likeness (QED) is 0.764. The molecule has 3 N–H and O–H groups in total. The van der Waals surface area contributed by atoms with Crippen molar-refractivity contribution in [3.05, 3.63) is 23.8 Å². The summed E-state index contributed by atoms with van der Waals surface area (Å²) >= 11 is 0. The number of rotatable bonds is 6. The molecule has 0 aliphatic carbocycles. The van der Waals surface area contributed by atoms with E-state index < -0.39 is 16.3 Å². The first-order valence-electron chi connectivity index (χ1n) is 5.75. The van der Waals surface area contributed by atoms with Crippen LogP contribution in [0.5, 0.6) is 0 Å². The van der Waals surface area contributed by atoms with E-state index in [1.807, 2.05) is 6.92 Å². The standard InChI is InChI=1S/C12H20N2O4S/c1-8-10(14-9(2)12(17-3)18-4)6-5-7-11(8)19(13,15)16/h5-7,9,12,14H,1-4H3,(H2,13,15,16). The maximum Gasteiger partial charge on any atom is 0.238 e. The Hall–Kier alpha value is -1.15. The van der Waals surface area contributed by atoms with Gasteiger partial charge in [-0.15, -0.1) is 0 Å². The van der Waals surface area contributed by atoms with Gasteiger partial charge in [-0.05, 0) is 31.5 Å². The number of primary sulfonamides is 1. The normalized spacial score (nSPS) is 13.6. The van der Waals surface area contributed by atoms with Crippen LogP contribution >= 0.6 is 0 Å². The number of ether oxygens (including phenoxy) is 2. The fraction of sp³-hybridized carbons (Fsp3) is 0.500. The molecule has 19 heavy (non-hydrogen) atoms. The molecule has 0 radical (unpaired) electrons. The molecule has 6 nitrogen and oxygen atoms in total. The van der Waals surface area contributed by atoms with Crippen molar-refractivity contribution >= 4 is 15.7 Å². The number of methoxy groups -OCH3 is 2. The summed E-state index contributed by atoms with van der Waals surface area (Å²) in [7, 11) is -0.642. The second kappa shape index (κ2) is 6.33. The second-order valence-corrected chi connectivity index (χ2v) is 5.78. The molecule has 0 saturated carbocycles. The van der Waals surface area contributed by atoms with Gasteiger partial charge in [-0.2, -0.15) is 0 Å². The van der Waals surface area contributed by atoms with Crippen molar-refractivity contribution in [3.8, 4) is 0 Å². The number of hydrogen-bond donors (Lipinski definition) is 2. The highest BCUT2D eigenvalue weighted by molar-refractivity contribution is 7.89. The lowest BCUT2D eigenvalue weighted by molar-refractivity contribution is -0.109. The van der Waals surface area contributed by atoms with E-state index >= 15 is 0 Å². The summed E-state index contributed by atoms with van der Waals surface area (Å²) < 4.78 is 33.2. The number of nitrogens with one attached hydrogen (secondary N) is 1. The minimum absolute atomic E-state index is 0.107. The molecule has 1 atom stereocenters. The van der Waals surface area contributed by atoms with Gasteiger partial charge < -0.3 is 14.8 Å². The molecule has 0 aromatic heterocycles. The first-order chi connectivity index (χ1) is 8.81. The zero-order valence-electron chi connectivity index (χ0n) is 11.5. The van der Waals surface area contributed by atoms with Crippen molar-refractivity contribution in [2.24, 2.45) is 5.14 Å².